The van der Waals surface area contributed by atoms with Gasteiger partial charge in [-0.05, 0) is 51.4 Å². The smallest absolute Gasteiger partial charge is 0.231 e. The first kappa shape index (κ1) is 19.2. The summed E-state index contributed by atoms with van der Waals surface area (Å²) < 4.78 is 18.7. The number of aromatic nitrogens is 3. The van der Waals surface area contributed by atoms with Crippen LogP contribution in [0, 0.1) is 6.92 Å². The largest absolute Gasteiger partial charge is 0.454 e. The molecule has 0 N–H and O–H groups in total. The predicted molar refractivity (Wildman–Crippen MR) is 112 cm³/mol. The SMILES string of the molecule is CCn1ncc(CN2CCCCCC2c2cc(-c3ccc4c(c3)OCO4)on2)c1C. The summed E-state index contributed by atoms with van der Waals surface area (Å²) in [6, 6.07) is 8.21. The normalized spacial score (nSPS) is 19.2. The number of rotatable bonds is 5. The van der Waals surface area contributed by atoms with Crippen LogP contribution in [0.25, 0.3) is 11.3 Å². The molecule has 2 aliphatic rings. The second kappa shape index (κ2) is 8.14. The standard InChI is InChI=1S/C23H28N4O3/c1-3-27-16(2)18(13-24-27)14-26-10-6-4-5-7-20(26)19-12-22(30-25-19)17-8-9-21-23(11-17)29-15-28-21/h8-9,11-13,20H,3-7,10,14-15H2,1-2H3. The summed E-state index contributed by atoms with van der Waals surface area (Å²) in [5, 5.41) is 9.00. The van der Waals surface area contributed by atoms with Gasteiger partial charge in [-0.1, -0.05) is 18.0 Å². The van der Waals surface area contributed by atoms with Crippen LogP contribution in [-0.4, -0.2) is 33.2 Å². The lowest BCUT2D eigenvalue weighted by molar-refractivity contribution is 0.174. The van der Waals surface area contributed by atoms with Crippen LogP contribution < -0.4 is 9.47 Å². The van der Waals surface area contributed by atoms with Gasteiger partial charge in [-0.2, -0.15) is 5.10 Å². The molecule has 30 heavy (non-hydrogen) atoms. The summed E-state index contributed by atoms with van der Waals surface area (Å²) in [6.07, 6.45) is 6.79. The monoisotopic (exact) mass is 408 g/mol. The van der Waals surface area contributed by atoms with Gasteiger partial charge in [0.15, 0.2) is 17.3 Å². The fourth-order valence-electron chi connectivity index (χ4n) is 4.50. The van der Waals surface area contributed by atoms with E-state index in [1.165, 1.54) is 30.5 Å². The molecule has 0 saturated carbocycles. The maximum absolute atomic E-state index is 5.76. The van der Waals surface area contributed by atoms with Crippen LogP contribution >= 0.6 is 0 Å². The van der Waals surface area contributed by atoms with Crippen molar-refractivity contribution in [1.29, 1.82) is 0 Å². The van der Waals surface area contributed by atoms with Crippen molar-refractivity contribution >= 4 is 0 Å². The van der Waals surface area contributed by atoms with E-state index in [0.29, 0.717) is 0 Å². The minimum absolute atomic E-state index is 0.253. The zero-order valence-electron chi connectivity index (χ0n) is 17.6. The van der Waals surface area contributed by atoms with Crippen molar-refractivity contribution in [3.63, 3.8) is 0 Å². The number of ether oxygens (including phenoxy) is 2. The van der Waals surface area contributed by atoms with E-state index in [9.17, 15) is 0 Å². The average molecular weight is 409 g/mol. The Hall–Kier alpha value is -2.80. The molecule has 5 rings (SSSR count). The maximum atomic E-state index is 5.76. The molecule has 0 radical (unpaired) electrons. The lowest BCUT2D eigenvalue weighted by Gasteiger charge is -2.28. The van der Waals surface area contributed by atoms with Crippen molar-refractivity contribution in [2.45, 2.75) is 58.7 Å². The van der Waals surface area contributed by atoms with Gasteiger partial charge in [-0.3, -0.25) is 9.58 Å². The second-order valence-corrected chi connectivity index (χ2v) is 8.09. The molecule has 1 saturated heterocycles. The Balaban J connectivity index is 1.40. The molecule has 7 heteroatoms. The van der Waals surface area contributed by atoms with Crippen LogP contribution in [0.15, 0.2) is 35.0 Å². The zero-order valence-corrected chi connectivity index (χ0v) is 17.6. The molecular weight excluding hydrogens is 380 g/mol. The first-order valence-electron chi connectivity index (χ1n) is 10.8. The van der Waals surface area contributed by atoms with Crippen LogP contribution in [0.4, 0.5) is 0 Å². The van der Waals surface area contributed by atoms with E-state index in [0.717, 1.165) is 54.6 Å². The van der Waals surface area contributed by atoms with Gasteiger partial charge in [0, 0.05) is 36.0 Å². The highest BCUT2D eigenvalue weighted by molar-refractivity contribution is 5.63. The highest BCUT2D eigenvalue weighted by atomic mass is 16.7. The number of hydrogen-bond donors (Lipinski definition) is 0. The molecule has 0 aliphatic carbocycles. The number of aryl methyl sites for hydroxylation is 1. The van der Waals surface area contributed by atoms with Gasteiger partial charge in [-0.25, -0.2) is 0 Å². The summed E-state index contributed by atoms with van der Waals surface area (Å²) in [7, 11) is 0. The van der Waals surface area contributed by atoms with Crippen molar-refractivity contribution in [3.8, 4) is 22.8 Å². The third kappa shape index (κ3) is 3.58. The third-order valence-corrected chi connectivity index (χ3v) is 6.27. The van der Waals surface area contributed by atoms with Crippen LogP contribution in [0.3, 0.4) is 0 Å². The van der Waals surface area contributed by atoms with E-state index < -0.39 is 0 Å². The van der Waals surface area contributed by atoms with Gasteiger partial charge in [-0.15, -0.1) is 0 Å². The molecule has 4 heterocycles. The topological polar surface area (TPSA) is 65.6 Å². The third-order valence-electron chi connectivity index (χ3n) is 6.27. The first-order chi connectivity index (χ1) is 14.7. The summed E-state index contributed by atoms with van der Waals surface area (Å²) in [5.74, 6) is 2.30. The molecule has 3 aromatic rings. The average Bonchev–Trinajstić information content (AvgIpc) is 3.46. The molecule has 0 amide bonds. The molecule has 0 spiro atoms. The lowest BCUT2D eigenvalue weighted by Crippen LogP contribution is -2.28. The molecule has 1 atom stereocenters. The Morgan fingerprint density at radius 3 is 2.87 bits per heavy atom. The van der Waals surface area contributed by atoms with Crippen molar-refractivity contribution in [2.24, 2.45) is 0 Å². The summed E-state index contributed by atoms with van der Waals surface area (Å²) in [6.45, 7) is 7.41. The summed E-state index contributed by atoms with van der Waals surface area (Å²) in [5.41, 5.74) is 4.51. The number of fused-ring (bicyclic) bond motifs is 1. The second-order valence-electron chi connectivity index (χ2n) is 8.09. The van der Waals surface area contributed by atoms with Crippen molar-refractivity contribution in [1.82, 2.24) is 19.8 Å². The van der Waals surface area contributed by atoms with E-state index in [2.05, 4.69) is 39.8 Å². The number of benzene rings is 1. The van der Waals surface area contributed by atoms with Crippen LogP contribution in [0.2, 0.25) is 0 Å². The Labute approximate surface area is 176 Å². The number of nitrogens with zero attached hydrogens (tertiary/aromatic N) is 4. The molecule has 2 aliphatic heterocycles. The van der Waals surface area contributed by atoms with E-state index in [-0.39, 0.29) is 12.8 Å². The quantitative estimate of drug-likeness (QED) is 0.609. The van der Waals surface area contributed by atoms with E-state index >= 15 is 0 Å². The number of hydrogen-bond acceptors (Lipinski definition) is 6. The highest BCUT2D eigenvalue weighted by Gasteiger charge is 2.27. The predicted octanol–water partition coefficient (Wildman–Crippen LogP) is 4.71. The first-order valence-corrected chi connectivity index (χ1v) is 10.8. The minimum atomic E-state index is 0.253. The summed E-state index contributed by atoms with van der Waals surface area (Å²) in [4.78, 5) is 2.54. The van der Waals surface area contributed by atoms with E-state index in [4.69, 9.17) is 14.0 Å². The van der Waals surface area contributed by atoms with Crippen molar-refractivity contribution in [3.05, 3.63) is 47.4 Å². The van der Waals surface area contributed by atoms with Gasteiger partial charge in [0.25, 0.3) is 0 Å². The Bertz CT molecular complexity index is 1030. The molecule has 1 aromatic carbocycles. The van der Waals surface area contributed by atoms with Gasteiger partial charge in [0.05, 0.1) is 12.2 Å². The Morgan fingerprint density at radius 1 is 1.10 bits per heavy atom. The molecule has 7 nitrogen and oxygen atoms in total. The minimum Gasteiger partial charge on any atom is -0.454 e. The molecule has 0 bridgehead atoms. The fraction of sp³-hybridized carbons (Fsp3) is 0.478. The van der Waals surface area contributed by atoms with Crippen molar-refractivity contribution in [2.75, 3.05) is 13.3 Å². The van der Waals surface area contributed by atoms with Gasteiger partial charge >= 0.3 is 0 Å². The van der Waals surface area contributed by atoms with Crippen molar-refractivity contribution < 1.29 is 14.0 Å². The lowest BCUT2D eigenvalue weighted by atomic mass is 10.0. The fourth-order valence-corrected chi connectivity index (χ4v) is 4.50. The van der Waals surface area contributed by atoms with E-state index in [1.54, 1.807) is 0 Å². The maximum Gasteiger partial charge on any atom is 0.231 e. The Morgan fingerprint density at radius 2 is 2.00 bits per heavy atom. The summed E-state index contributed by atoms with van der Waals surface area (Å²) >= 11 is 0. The van der Waals surface area contributed by atoms with Crippen LogP contribution in [0.5, 0.6) is 11.5 Å². The molecular formula is C23H28N4O3. The van der Waals surface area contributed by atoms with Crippen LogP contribution in [0.1, 0.15) is 55.6 Å². The zero-order chi connectivity index (χ0) is 20.5. The van der Waals surface area contributed by atoms with Gasteiger partial charge < -0.3 is 14.0 Å². The molecule has 1 fully saturated rings. The Kier molecular flexibility index (Phi) is 5.21. The van der Waals surface area contributed by atoms with Crippen LogP contribution in [-0.2, 0) is 13.1 Å². The van der Waals surface area contributed by atoms with Gasteiger partial charge in [0.2, 0.25) is 6.79 Å². The molecule has 158 valence electrons. The highest BCUT2D eigenvalue weighted by Crippen LogP contribution is 2.38. The molecule has 1 unspecified atom stereocenters. The van der Waals surface area contributed by atoms with Gasteiger partial charge in [0.1, 0.15) is 5.69 Å². The molecule has 2 aromatic heterocycles. The van der Waals surface area contributed by atoms with E-state index in [1.807, 2.05) is 24.4 Å². The number of likely N-dealkylation sites (tertiary alicyclic amines) is 1.